The fourth-order valence-corrected chi connectivity index (χ4v) is 0.723. The third kappa shape index (κ3) is 14.7. The second-order valence-corrected chi connectivity index (χ2v) is 23.3. The molecule has 0 aromatic heterocycles. The summed E-state index contributed by atoms with van der Waals surface area (Å²) in [5.41, 5.74) is 1.10. The molecular weight excluding hydrogens is 667 g/mol. The molecule has 15 heavy (non-hydrogen) atoms. The zero-order valence-corrected chi connectivity index (χ0v) is 18.6. The van der Waals surface area contributed by atoms with Crippen LogP contribution in [0.15, 0.2) is 24.0 Å². The van der Waals surface area contributed by atoms with Gasteiger partial charge in [-0.25, -0.2) is 0 Å². The Hall–Kier alpha value is 2.81. The van der Waals surface area contributed by atoms with Gasteiger partial charge in [-0.15, -0.1) is 6.58 Å². The summed E-state index contributed by atoms with van der Waals surface area (Å²) in [6.45, 7) is 11.8. The van der Waals surface area contributed by atoms with Crippen LogP contribution in [0.4, 0.5) is 0 Å². The van der Waals surface area contributed by atoms with E-state index in [1.807, 2.05) is 6.92 Å². The molecule has 1 nitrogen and oxygen atoms in total. The maximum absolute atomic E-state index is 9.46. The first-order valence-corrected chi connectivity index (χ1v) is 19.2. The number of rotatable bonds is 2. The molecule has 0 bridgehead atoms. The summed E-state index contributed by atoms with van der Waals surface area (Å²) in [4.78, 5) is 0. The van der Waals surface area contributed by atoms with Gasteiger partial charge in [0.2, 0.25) is 0 Å². The molecule has 92 valence electrons. The van der Waals surface area contributed by atoms with Gasteiger partial charge in [0.15, 0.2) is 0 Å². The van der Waals surface area contributed by atoms with Crippen LogP contribution in [0.2, 0.25) is 0 Å². The van der Waals surface area contributed by atoms with Crippen molar-refractivity contribution in [3.8, 4) is 0 Å². The molecule has 1 N–H and O–H groups in total. The van der Waals surface area contributed by atoms with E-state index >= 15 is 0 Å². The Morgan fingerprint density at radius 2 is 1.73 bits per heavy atom. The van der Waals surface area contributed by atoms with E-state index in [4.69, 9.17) is 0 Å². The van der Waals surface area contributed by atoms with E-state index < -0.39 is 0 Å². The molecule has 0 spiro atoms. The van der Waals surface area contributed by atoms with Gasteiger partial charge in [0.05, 0.1) is 5.76 Å². The average molecular weight is 685 g/mol. The molecule has 0 aromatic rings. The summed E-state index contributed by atoms with van der Waals surface area (Å²) in [5.74, 6) is 0.451. The molecule has 0 amide bonds. The molecule has 0 saturated heterocycles. The van der Waals surface area contributed by atoms with Crippen LogP contribution in [0.25, 0.3) is 0 Å². The summed E-state index contributed by atoms with van der Waals surface area (Å²) in [6, 6.07) is 0. The Morgan fingerprint density at radius 1 is 1.40 bits per heavy atom. The van der Waals surface area contributed by atoms with Crippen molar-refractivity contribution in [1.29, 1.82) is 0 Å². The average Bonchev–Trinajstić information content (AvgIpc) is 2.03. The van der Waals surface area contributed by atoms with Crippen LogP contribution < -0.4 is 24.0 Å². The van der Waals surface area contributed by atoms with Gasteiger partial charge >= 0.3 is 54.0 Å². The molecular formula is C10H18I3OSm-. The fraction of sp³-hybridized carbons (Fsp3) is 0.600. The zero-order valence-electron chi connectivity index (χ0n) is 9.48. The van der Waals surface area contributed by atoms with E-state index in [-0.39, 0.29) is 54.8 Å². The maximum atomic E-state index is 9.46. The number of hydrogen-bond donors (Lipinski definition) is 1. The monoisotopic (exact) mass is 687 g/mol. The summed E-state index contributed by atoms with van der Waals surface area (Å²) >= 11 is 5.07. The summed E-state index contributed by atoms with van der Waals surface area (Å²) in [6.07, 6.45) is 2.29. The molecule has 0 atom stereocenters. The topological polar surface area (TPSA) is 20.2 Å². The van der Waals surface area contributed by atoms with Crippen LogP contribution >= 0.6 is 28.6 Å². The molecule has 0 aromatic carbocycles. The van der Waals surface area contributed by atoms with Crippen LogP contribution in [-0.2, 0) is 0 Å². The quantitative estimate of drug-likeness (QED) is 0.269. The molecule has 0 aliphatic carbocycles. The predicted molar refractivity (Wildman–Crippen MR) is 77.6 cm³/mol. The van der Waals surface area contributed by atoms with Crippen LogP contribution in [0.3, 0.4) is 0 Å². The minimum absolute atomic E-state index is 0. The molecule has 0 radical (unpaired) electrons. The van der Waals surface area contributed by atoms with Crippen LogP contribution in [0, 0.1) is 30.9 Å². The van der Waals surface area contributed by atoms with Crippen molar-refractivity contribution < 1.29 is 54.5 Å². The van der Waals surface area contributed by atoms with Gasteiger partial charge in [0, 0.05) is 6.42 Å². The van der Waals surface area contributed by atoms with Crippen molar-refractivity contribution in [1.82, 2.24) is 0 Å². The van der Waals surface area contributed by atoms with Gasteiger partial charge in [-0.2, -0.15) is 0 Å². The molecule has 0 heterocycles. The van der Waals surface area contributed by atoms with E-state index in [0.29, 0.717) is 12.2 Å². The van der Waals surface area contributed by atoms with E-state index in [1.54, 1.807) is 6.08 Å². The van der Waals surface area contributed by atoms with Crippen molar-refractivity contribution in [3.05, 3.63) is 24.0 Å². The first kappa shape index (κ1) is 22.9. The second kappa shape index (κ2) is 13.2. The zero-order chi connectivity index (χ0) is 11.8. The third-order valence-corrected chi connectivity index (χ3v) is 1.90. The number of aliphatic hydroxyl groups is 1. The van der Waals surface area contributed by atoms with Crippen molar-refractivity contribution in [2.45, 2.75) is 34.1 Å². The number of allylic oxidation sites excluding steroid dienone is 2. The summed E-state index contributed by atoms with van der Waals surface area (Å²) < 4.78 is 0. The van der Waals surface area contributed by atoms with Crippen molar-refractivity contribution in [2.24, 2.45) is 5.41 Å². The number of aliphatic hydroxyl groups excluding tert-OH is 1. The van der Waals surface area contributed by atoms with Gasteiger partial charge < -0.3 is 29.1 Å². The number of hydrogen-bond acceptors (Lipinski definition) is 1. The van der Waals surface area contributed by atoms with E-state index in [0.717, 1.165) is 5.57 Å². The van der Waals surface area contributed by atoms with Gasteiger partial charge in [0.1, 0.15) is 0 Å². The van der Waals surface area contributed by atoms with Crippen molar-refractivity contribution in [3.63, 3.8) is 0 Å². The Labute approximate surface area is 143 Å². The van der Waals surface area contributed by atoms with E-state index in [9.17, 15) is 5.11 Å². The number of halogens is 3. The molecule has 0 aliphatic heterocycles. The Kier molecular flexibility index (Phi) is 20.3. The molecule has 0 saturated carbocycles. The van der Waals surface area contributed by atoms with Crippen LogP contribution in [-0.4, -0.2) is 5.11 Å². The SMILES string of the molecule is C=CC/C(O)=C(/C)C(C)(C)C.[I-].[I][Sm][I]. The molecule has 0 aliphatic rings. The summed E-state index contributed by atoms with van der Waals surface area (Å²) in [7, 11) is 0. The Morgan fingerprint density at radius 3 is 1.93 bits per heavy atom. The minimum atomic E-state index is 0. The van der Waals surface area contributed by atoms with Crippen LogP contribution in [0.5, 0.6) is 0 Å². The standard InChI is InChI=1S/C10H18O.3HI.Sm/c1-6-7-9(11)8(2)10(3,4)5;;;;/h6,11H,1,7H2,2-5H3;3*1H;/q;;;;+2/p-3/b9-8+;;;;. The summed E-state index contributed by atoms with van der Waals surface area (Å²) in [5, 5.41) is 9.46. The van der Waals surface area contributed by atoms with Gasteiger partial charge in [-0.1, -0.05) is 26.8 Å². The van der Waals surface area contributed by atoms with Gasteiger partial charge in [-0.3, -0.25) is 0 Å². The van der Waals surface area contributed by atoms with Gasteiger partial charge in [-0.05, 0) is 17.9 Å². The second-order valence-electron chi connectivity index (χ2n) is 3.87. The van der Waals surface area contributed by atoms with Crippen LogP contribution in [0.1, 0.15) is 34.1 Å². The first-order chi connectivity index (χ1) is 6.31. The Bertz CT molecular complexity index is 197. The first-order valence-electron chi connectivity index (χ1n) is 4.20. The Balaban J connectivity index is -0.000000320. The molecule has 0 rings (SSSR count). The van der Waals surface area contributed by atoms with Crippen molar-refractivity contribution in [2.75, 3.05) is 0 Å². The fourth-order valence-electron chi connectivity index (χ4n) is 0.723. The predicted octanol–water partition coefficient (Wildman–Crippen LogP) is 2.22. The molecule has 0 fully saturated rings. The van der Waals surface area contributed by atoms with E-state index in [1.165, 1.54) is 0 Å². The molecule has 5 heteroatoms. The normalized spacial score (nSPS) is 11.6. The van der Waals surface area contributed by atoms with Crippen molar-refractivity contribution >= 4 is 28.6 Å². The van der Waals surface area contributed by atoms with E-state index in [2.05, 4.69) is 55.9 Å². The third-order valence-electron chi connectivity index (χ3n) is 1.90. The molecule has 0 unspecified atom stereocenters. The van der Waals surface area contributed by atoms with Gasteiger partial charge in [0.25, 0.3) is 0 Å².